The average molecular weight is 430 g/mol. The summed E-state index contributed by atoms with van der Waals surface area (Å²) in [7, 11) is 0. The molecule has 4 aromatic rings. The van der Waals surface area contributed by atoms with Crippen LogP contribution in [0.5, 0.6) is 0 Å². The Labute approximate surface area is 176 Å². The Morgan fingerprint density at radius 1 is 1.03 bits per heavy atom. The Hall–Kier alpha value is -3.10. The molecule has 154 valence electrons. The van der Waals surface area contributed by atoms with E-state index < -0.39 is 17.2 Å². The summed E-state index contributed by atoms with van der Waals surface area (Å²) in [6, 6.07) is 12.3. The van der Waals surface area contributed by atoms with Gasteiger partial charge in [-0.3, -0.25) is 4.68 Å². The molecular formula is C21H18ClF2N5O. The third kappa shape index (κ3) is 4.39. The normalized spacial score (nSPS) is 13.3. The molecular weight excluding hydrogens is 412 g/mol. The molecule has 6 nitrogen and oxygen atoms in total. The fraction of sp³-hybridized carbons (Fsp3) is 0.190. The molecule has 0 amide bonds. The van der Waals surface area contributed by atoms with Crippen LogP contribution in [0, 0.1) is 11.6 Å². The molecule has 0 aliphatic carbocycles. The van der Waals surface area contributed by atoms with Crippen molar-refractivity contribution in [3.63, 3.8) is 0 Å². The number of nitrogens with zero attached hydrogens (tertiary/aromatic N) is 5. The predicted molar refractivity (Wildman–Crippen MR) is 108 cm³/mol. The first-order valence-corrected chi connectivity index (χ1v) is 9.60. The molecule has 30 heavy (non-hydrogen) atoms. The molecule has 0 bridgehead atoms. The molecule has 1 N–H and O–H groups in total. The number of rotatable bonds is 7. The maximum Gasteiger partial charge on any atom is 0.137 e. The lowest BCUT2D eigenvalue weighted by molar-refractivity contribution is -0.00179. The number of hydrogen-bond acceptors (Lipinski definition) is 4. The first-order chi connectivity index (χ1) is 14.4. The molecule has 2 aromatic heterocycles. The van der Waals surface area contributed by atoms with Gasteiger partial charge in [0.25, 0.3) is 0 Å². The van der Waals surface area contributed by atoms with E-state index in [1.807, 2.05) is 18.2 Å². The molecule has 1 unspecified atom stereocenters. The second-order valence-electron chi connectivity index (χ2n) is 6.97. The number of aliphatic hydroxyl groups is 1. The number of benzene rings is 2. The van der Waals surface area contributed by atoms with Crippen LogP contribution in [0.2, 0.25) is 5.02 Å². The molecule has 0 saturated heterocycles. The van der Waals surface area contributed by atoms with Crippen LogP contribution in [0.1, 0.15) is 12.0 Å². The van der Waals surface area contributed by atoms with Gasteiger partial charge >= 0.3 is 0 Å². The highest BCUT2D eigenvalue weighted by molar-refractivity contribution is 6.30. The van der Waals surface area contributed by atoms with Gasteiger partial charge in [-0.1, -0.05) is 29.8 Å². The van der Waals surface area contributed by atoms with Crippen molar-refractivity contribution in [2.24, 2.45) is 0 Å². The van der Waals surface area contributed by atoms with Crippen molar-refractivity contribution in [2.45, 2.75) is 25.1 Å². The zero-order chi connectivity index (χ0) is 21.1. The van der Waals surface area contributed by atoms with Crippen LogP contribution < -0.4 is 0 Å². The van der Waals surface area contributed by atoms with E-state index in [9.17, 15) is 13.9 Å². The van der Waals surface area contributed by atoms with Gasteiger partial charge in [0.05, 0.1) is 12.2 Å². The highest BCUT2D eigenvalue weighted by atomic mass is 35.5. The van der Waals surface area contributed by atoms with Crippen molar-refractivity contribution >= 4 is 11.6 Å². The summed E-state index contributed by atoms with van der Waals surface area (Å²) >= 11 is 5.92. The lowest BCUT2D eigenvalue weighted by Crippen LogP contribution is -2.34. The first-order valence-electron chi connectivity index (χ1n) is 9.23. The van der Waals surface area contributed by atoms with Crippen LogP contribution >= 0.6 is 11.6 Å². The molecule has 1 atom stereocenters. The predicted octanol–water partition coefficient (Wildman–Crippen LogP) is 4.05. The quantitative estimate of drug-likeness (QED) is 0.481. The van der Waals surface area contributed by atoms with Gasteiger partial charge in [-0.15, -0.1) is 0 Å². The summed E-state index contributed by atoms with van der Waals surface area (Å²) in [5, 5.41) is 20.5. The monoisotopic (exact) mass is 429 g/mol. The molecule has 2 aromatic carbocycles. The van der Waals surface area contributed by atoms with E-state index in [1.165, 1.54) is 23.4 Å². The lowest BCUT2D eigenvalue weighted by Gasteiger charge is -2.29. The maximum atomic E-state index is 14.5. The Balaban J connectivity index is 1.57. The van der Waals surface area contributed by atoms with Gasteiger partial charge in [0.1, 0.15) is 29.9 Å². The molecule has 0 spiro atoms. The zero-order valence-corrected chi connectivity index (χ0v) is 16.5. The van der Waals surface area contributed by atoms with E-state index in [-0.39, 0.29) is 18.5 Å². The van der Waals surface area contributed by atoms with Crippen LogP contribution in [-0.2, 0) is 18.7 Å². The third-order valence-electron chi connectivity index (χ3n) is 4.86. The molecule has 9 heteroatoms. The standard InChI is InChI=1S/C21H18ClF2N5O/c22-16-3-1-15(2-4-16)20-7-9-28(27-20)10-8-21(30,12-29-14-25-13-26-29)18-6-5-17(23)11-19(18)24/h1-7,9,11,13-14,30H,8,10,12H2. The van der Waals surface area contributed by atoms with E-state index in [2.05, 4.69) is 15.2 Å². The second kappa shape index (κ2) is 8.33. The number of halogens is 3. The Morgan fingerprint density at radius 3 is 2.53 bits per heavy atom. The molecule has 0 saturated carbocycles. The second-order valence-corrected chi connectivity index (χ2v) is 7.41. The number of aromatic nitrogens is 5. The lowest BCUT2D eigenvalue weighted by atomic mass is 9.89. The molecule has 0 fully saturated rings. The van der Waals surface area contributed by atoms with Gasteiger partial charge in [0, 0.05) is 41.4 Å². The van der Waals surface area contributed by atoms with Crippen LogP contribution in [0.15, 0.2) is 67.4 Å². The third-order valence-corrected chi connectivity index (χ3v) is 5.11. The molecule has 0 aliphatic heterocycles. The summed E-state index contributed by atoms with van der Waals surface area (Å²) in [4.78, 5) is 3.86. The van der Waals surface area contributed by atoms with Gasteiger partial charge in [-0.05, 0) is 24.3 Å². The van der Waals surface area contributed by atoms with Crippen molar-refractivity contribution < 1.29 is 13.9 Å². The largest absolute Gasteiger partial charge is 0.383 e. The maximum absolute atomic E-state index is 14.5. The van der Waals surface area contributed by atoms with E-state index in [1.54, 1.807) is 23.0 Å². The van der Waals surface area contributed by atoms with Crippen molar-refractivity contribution in [1.29, 1.82) is 0 Å². The summed E-state index contributed by atoms with van der Waals surface area (Å²) in [6.45, 7) is 0.260. The molecule has 4 rings (SSSR count). The van der Waals surface area contributed by atoms with Gasteiger partial charge in [-0.2, -0.15) is 10.2 Å². The van der Waals surface area contributed by atoms with Gasteiger partial charge < -0.3 is 5.11 Å². The Morgan fingerprint density at radius 2 is 1.83 bits per heavy atom. The van der Waals surface area contributed by atoms with Crippen molar-refractivity contribution in [1.82, 2.24) is 24.5 Å². The van der Waals surface area contributed by atoms with Crippen molar-refractivity contribution in [3.05, 3.63) is 89.6 Å². The minimum absolute atomic E-state index is 0.00974. The van der Waals surface area contributed by atoms with E-state index in [4.69, 9.17) is 11.6 Å². The Kier molecular flexibility index (Phi) is 5.61. The van der Waals surface area contributed by atoms with Crippen molar-refractivity contribution in [2.75, 3.05) is 0 Å². The average Bonchev–Trinajstić information content (AvgIpc) is 3.39. The fourth-order valence-corrected chi connectivity index (χ4v) is 3.43. The SMILES string of the molecule is OC(CCn1ccc(-c2ccc(Cl)cc2)n1)(Cn1cncn1)c1ccc(F)cc1F. The fourth-order valence-electron chi connectivity index (χ4n) is 3.31. The van der Waals surface area contributed by atoms with Crippen molar-refractivity contribution in [3.8, 4) is 11.3 Å². The smallest absolute Gasteiger partial charge is 0.137 e. The molecule has 0 radical (unpaired) electrons. The highest BCUT2D eigenvalue weighted by Crippen LogP contribution is 2.30. The van der Waals surface area contributed by atoms with Crippen LogP contribution in [0.3, 0.4) is 0 Å². The Bertz CT molecular complexity index is 1130. The van der Waals surface area contributed by atoms with Gasteiger partial charge in [0.15, 0.2) is 0 Å². The molecule has 0 aliphatic rings. The van der Waals surface area contributed by atoms with Crippen LogP contribution in [0.25, 0.3) is 11.3 Å². The summed E-state index contributed by atoms with van der Waals surface area (Å²) < 4.78 is 30.9. The van der Waals surface area contributed by atoms with E-state index in [0.29, 0.717) is 11.6 Å². The molecule has 2 heterocycles. The first kappa shape index (κ1) is 20.2. The number of hydrogen-bond donors (Lipinski definition) is 1. The van der Waals surface area contributed by atoms with E-state index >= 15 is 0 Å². The summed E-state index contributed by atoms with van der Waals surface area (Å²) in [5.41, 5.74) is 0.00208. The van der Waals surface area contributed by atoms with Crippen LogP contribution in [0.4, 0.5) is 8.78 Å². The summed E-state index contributed by atoms with van der Waals surface area (Å²) in [6.07, 6.45) is 4.66. The minimum atomic E-state index is -1.64. The summed E-state index contributed by atoms with van der Waals surface area (Å²) in [5.74, 6) is -1.53. The van der Waals surface area contributed by atoms with Gasteiger partial charge in [0.2, 0.25) is 0 Å². The number of aryl methyl sites for hydroxylation is 1. The topological polar surface area (TPSA) is 68.8 Å². The van der Waals surface area contributed by atoms with Gasteiger partial charge in [-0.25, -0.2) is 18.4 Å². The van der Waals surface area contributed by atoms with Crippen LogP contribution in [-0.4, -0.2) is 29.7 Å². The van der Waals surface area contributed by atoms with E-state index in [0.717, 1.165) is 23.4 Å². The highest BCUT2D eigenvalue weighted by Gasteiger charge is 2.33. The minimum Gasteiger partial charge on any atom is -0.383 e. The zero-order valence-electron chi connectivity index (χ0n) is 15.8.